The summed E-state index contributed by atoms with van der Waals surface area (Å²) < 4.78 is 5.58. The lowest BCUT2D eigenvalue weighted by Crippen LogP contribution is -2.12. The van der Waals surface area contributed by atoms with Gasteiger partial charge in [-0.05, 0) is 18.6 Å². The third-order valence-electron chi connectivity index (χ3n) is 2.95. The van der Waals surface area contributed by atoms with Gasteiger partial charge >= 0.3 is 0 Å². The molecule has 0 radical (unpaired) electrons. The van der Waals surface area contributed by atoms with Gasteiger partial charge in [0.05, 0.1) is 0 Å². The molecule has 2 fully saturated rings. The molecule has 13 heavy (non-hydrogen) atoms. The molecule has 2 heterocycles. The molecule has 78 valence electrons. The molecule has 0 saturated carbocycles. The Morgan fingerprint density at radius 1 is 1.15 bits per heavy atom. The van der Waals surface area contributed by atoms with E-state index in [4.69, 9.17) is 4.43 Å². The van der Waals surface area contributed by atoms with Gasteiger partial charge in [-0.1, -0.05) is 23.8 Å². The lowest BCUT2D eigenvalue weighted by Gasteiger charge is -2.04. The van der Waals surface area contributed by atoms with Crippen molar-refractivity contribution >= 4 is 37.6 Å². The first kappa shape index (κ1) is 11.9. The molecule has 0 aromatic heterocycles. The van der Waals surface area contributed by atoms with Crippen LogP contribution in [0.25, 0.3) is 0 Å². The van der Waals surface area contributed by atoms with Crippen LogP contribution in [-0.4, -0.2) is 44.2 Å². The molecule has 1 nitrogen and oxygen atoms in total. The van der Waals surface area contributed by atoms with E-state index in [1.165, 1.54) is 6.04 Å². The Morgan fingerprint density at radius 2 is 1.92 bits per heavy atom. The van der Waals surface area contributed by atoms with Crippen LogP contribution < -0.4 is 0 Å². The molecule has 1 atom stereocenters. The van der Waals surface area contributed by atoms with Crippen molar-refractivity contribution in [3.05, 3.63) is 0 Å². The Labute approximate surface area is 91.2 Å². The first-order valence-corrected chi connectivity index (χ1v) is 14.2. The molecule has 0 aromatic rings. The smallest absolute Gasteiger partial charge is 0.173 e. The van der Waals surface area contributed by atoms with E-state index in [1.807, 2.05) is 0 Å². The summed E-state index contributed by atoms with van der Waals surface area (Å²) in [5, 5.41) is 0. The molecular weight excluding hydrogens is 224 g/mol. The minimum Gasteiger partial charge on any atom is -0.421 e. The van der Waals surface area contributed by atoms with E-state index >= 15 is 0 Å². The molecule has 2 aliphatic heterocycles. The van der Waals surface area contributed by atoms with Crippen LogP contribution in [0.5, 0.6) is 0 Å². The van der Waals surface area contributed by atoms with Crippen molar-refractivity contribution < 1.29 is 4.43 Å². The Bertz CT molecular complexity index is 105. The molecule has 0 amide bonds. The lowest BCUT2D eigenvalue weighted by molar-refractivity contribution is 0.346. The SMILES string of the molecule is C1C[SiH2]C[SiH2]1.CCO[SiH]1CC[SiH2]C1. The highest BCUT2D eigenvalue weighted by Crippen LogP contribution is 2.13. The molecule has 2 saturated heterocycles. The number of hydrogen-bond acceptors (Lipinski definition) is 1. The fraction of sp³-hybridized carbons (Fsp3) is 1.00. The van der Waals surface area contributed by atoms with Gasteiger partial charge in [0.2, 0.25) is 0 Å². The van der Waals surface area contributed by atoms with Gasteiger partial charge in [0.1, 0.15) is 0 Å². The van der Waals surface area contributed by atoms with Gasteiger partial charge in [0.15, 0.2) is 9.04 Å². The van der Waals surface area contributed by atoms with E-state index in [9.17, 15) is 0 Å². The summed E-state index contributed by atoms with van der Waals surface area (Å²) in [4.78, 5) is 0. The highest BCUT2D eigenvalue weighted by atomic mass is 28.3. The van der Waals surface area contributed by atoms with Gasteiger partial charge in [-0.3, -0.25) is 0 Å². The van der Waals surface area contributed by atoms with Gasteiger partial charge in [-0.2, -0.15) is 0 Å². The van der Waals surface area contributed by atoms with Crippen molar-refractivity contribution in [2.75, 3.05) is 6.61 Å². The van der Waals surface area contributed by atoms with Crippen molar-refractivity contribution in [2.24, 2.45) is 0 Å². The third-order valence-corrected chi connectivity index (χ3v) is 17.7. The first-order valence-electron chi connectivity index (χ1n) is 6.05. The van der Waals surface area contributed by atoms with Crippen LogP contribution in [0.2, 0.25) is 35.5 Å². The molecule has 0 aromatic carbocycles. The number of hydrogen-bond donors (Lipinski definition) is 0. The van der Waals surface area contributed by atoms with Gasteiger partial charge in [-0.25, -0.2) is 0 Å². The van der Waals surface area contributed by atoms with Crippen molar-refractivity contribution in [1.82, 2.24) is 0 Å². The summed E-state index contributed by atoms with van der Waals surface area (Å²) in [5.41, 5.74) is 3.36. The Balaban J connectivity index is 0.000000145. The van der Waals surface area contributed by atoms with Crippen molar-refractivity contribution in [3.63, 3.8) is 0 Å². The predicted octanol–water partition coefficient (Wildman–Crippen LogP) is -0.145. The lowest BCUT2D eigenvalue weighted by atomic mass is 10.9. The second kappa shape index (κ2) is 8.16. The summed E-state index contributed by atoms with van der Waals surface area (Å²) in [5.74, 6) is 0. The summed E-state index contributed by atoms with van der Waals surface area (Å²) >= 11 is 0. The van der Waals surface area contributed by atoms with Gasteiger partial charge < -0.3 is 4.43 Å². The summed E-state index contributed by atoms with van der Waals surface area (Å²) in [6.07, 6.45) is 0. The quantitative estimate of drug-likeness (QED) is 0.618. The average Bonchev–Trinajstić information content (AvgIpc) is 2.79. The van der Waals surface area contributed by atoms with E-state index in [-0.39, 0.29) is 0 Å². The molecule has 0 bridgehead atoms. The largest absolute Gasteiger partial charge is 0.421 e. The van der Waals surface area contributed by atoms with Crippen molar-refractivity contribution in [2.45, 2.75) is 42.4 Å². The minimum atomic E-state index is -0.519. The maximum absolute atomic E-state index is 5.58. The average molecular weight is 249 g/mol. The first-order chi connectivity index (χ1) is 6.43. The fourth-order valence-electron chi connectivity index (χ4n) is 2.17. The maximum Gasteiger partial charge on any atom is 0.173 e. The topological polar surface area (TPSA) is 9.23 Å². The molecule has 2 aliphatic rings. The van der Waals surface area contributed by atoms with Crippen LogP contribution in [0.15, 0.2) is 0 Å². The Morgan fingerprint density at radius 3 is 2.31 bits per heavy atom. The van der Waals surface area contributed by atoms with Crippen molar-refractivity contribution in [3.8, 4) is 0 Å². The van der Waals surface area contributed by atoms with Crippen LogP contribution in [0.1, 0.15) is 6.92 Å². The van der Waals surface area contributed by atoms with E-state index in [0.29, 0.717) is 28.6 Å². The second-order valence-electron chi connectivity index (χ2n) is 4.13. The van der Waals surface area contributed by atoms with E-state index in [1.54, 1.807) is 29.5 Å². The second-order valence-corrected chi connectivity index (χ2v) is 15.7. The van der Waals surface area contributed by atoms with E-state index in [0.717, 1.165) is 6.61 Å². The molecular formula is C8H24OSi4. The summed E-state index contributed by atoms with van der Waals surface area (Å²) in [6, 6.07) is 6.48. The van der Waals surface area contributed by atoms with Crippen molar-refractivity contribution in [1.29, 1.82) is 0 Å². The molecule has 5 heteroatoms. The molecule has 0 aliphatic carbocycles. The zero-order valence-corrected chi connectivity index (χ0v) is 14.5. The Kier molecular flexibility index (Phi) is 7.47. The fourth-order valence-corrected chi connectivity index (χ4v) is 17.7. The monoisotopic (exact) mass is 248 g/mol. The van der Waals surface area contributed by atoms with Crippen LogP contribution in [0.4, 0.5) is 0 Å². The third kappa shape index (κ3) is 6.00. The van der Waals surface area contributed by atoms with Crippen LogP contribution in [0.3, 0.4) is 0 Å². The van der Waals surface area contributed by atoms with Crippen LogP contribution in [0, 0.1) is 0 Å². The van der Waals surface area contributed by atoms with Gasteiger partial charge in [-0.15, -0.1) is 0 Å². The zero-order chi connectivity index (χ0) is 9.36. The molecule has 0 spiro atoms. The molecule has 1 unspecified atom stereocenters. The van der Waals surface area contributed by atoms with E-state index in [2.05, 4.69) is 6.92 Å². The summed E-state index contributed by atoms with van der Waals surface area (Å²) in [6.45, 7) is 3.10. The highest BCUT2D eigenvalue weighted by molar-refractivity contribution is 6.70. The van der Waals surface area contributed by atoms with Gasteiger partial charge in [0, 0.05) is 35.2 Å². The zero-order valence-electron chi connectivity index (χ0n) is 9.06. The molecule has 2 rings (SSSR count). The van der Waals surface area contributed by atoms with Crippen LogP contribution in [-0.2, 0) is 4.43 Å². The molecule has 0 N–H and O–H groups in total. The van der Waals surface area contributed by atoms with Crippen LogP contribution >= 0.6 is 0 Å². The van der Waals surface area contributed by atoms with Gasteiger partial charge in [0.25, 0.3) is 0 Å². The highest BCUT2D eigenvalue weighted by Gasteiger charge is 2.16. The predicted molar refractivity (Wildman–Crippen MR) is 73.2 cm³/mol. The number of rotatable bonds is 2. The van der Waals surface area contributed by atoms with E-state index < -0.39 is 9.04 Å². The normalized spacial score (nSPS) is 32.5. The minimum absolute atomic E-state index is 0.412. The standard InChI is InChI=1S/C5H14OSi2.C3H10Si2/c1-2-6-8-4-3-7-5-8;1-2-5-3-4-1/h8H,2-5,7H2,1H3;1-5H2. The Hall–Kier alpha value is 0.828. The maximum atomic E-state index is 5.58. The summed E-state index contributed by atoms with van der Waals surface area (Å²) in [7, 11) is 1.10.